The van der Waals surface area contributed by atoms with E-state index in [4.69, 9.17) is 16.3 Å². The van der Waals surface area contributed by atoms with Gasteiger partial charge in [-0.25, -0.2) is 4.98 Å². The molecule has 0 saturated heterocycles. The molecular weight excluding hydrogens is 234 g/mol. The Labute approximate surface area is 108 Å². The minimum absolute atomic E-state index is 0.407. The number of rotatable bonds is 4. The fourth-order valence-electron chi connectivity index (χ4n) is 2.58. The summed E-state index contributed by atoms with van der Waals surface area (Å²) in [6.45, 7) is 2.84. The van der Waals surface area contributed by atoms with Gasteiger partial charge in [0.05, 0.1) is 12.7 Å². The fraction of sp³-hybridized carbons (Fsp3) is 0.643. The highest BCUT2D eigenvalue weighted by molar-refractivity contribution is 6.30. The Morgan fingerprint density at radius 1 is 1.41 bits per heavy atom. The lowest BCUT2D eigenvalue weighted by molar-refractivity contribution is -0.0222. The highest BCUT2D eigenvalue weighted by atomic mass is 35.5. The molecule has 1 aliphatic carbocycles. The number of hydrogen-bond donors (Lipinski definition) is 0. The van der Waals surface area contributed by atoms with Crippen molar-refractivity contribution in [1.29, 1.82) is 0 Å². The first-order valence-electron chi connectivity index (χ1n) is 6.52. The zero-order valence-electron chi connectivity index (χ0n) is 10.4. The van der Waals surface area contributed by atoms with Crippen LogP contribution in [0.1, 0.15) is 44.6 Å². The Bertz CT molecular complexity index is 356. The van der Waals surface area contributed by atoms with E-state index in [1.807, 2.05) is 12.1 Å². The molecule has 0 aliphatic heterocycles. The molecular formula is C14H20ClNO. The van der Waals surface area contributed by atoms with Crippen molar-refractivity contribution in [1.82, 2.24) is 4.98 Å². The summed E-state index contributed by atoms with van der Waals surface area (Å²) in [7, 11) is 0. The maximum atomic E-state index is 6.03. The van der Waals surface area contributed by atoms with Gasteiger partial charge in [-0.1, -0.05) is 43.9 Å². The average Bonchev–Trinajstić information content (AvgIpc) is 2.38. The maximum Gasteiger partial charge on any atom is 0.134 e. The molecule has 0 amide bonds. The summed E-state index contributed by atoms with van der Waals surface area (Å²) >= 11 is 6.02. The van der Waals surface area contributed by atoms with Crippen molar-refractivity contribution >= 4 is 11.6 Å². The van der Waals surface area contributed by atoms with E-state index < -0.39 is 0 Å². The largest absolute Gasteiger partial charge is 0.373 e. The normalized spacial score (nSPS) is 24.8. The van der Waals surface area contributed by atoms with Crippen molar-refractivity contribution in [3.63, 3.8) is 0 Å². The van der Waals surface area contributed by atoms with Crippen LogP contribution >= 0.6 is 11.6 Å². The molecule has 0 N–H and O–H groups in total. The molecule has 17 heavy (non-hydrogen) atoms. The SMILES string of the molecule is CCC1CCCCC1OCc1cccnc1Cl. The number of hydrogen-bond acceptors (Lipinski definition) is 2. The second-order valence-corrected chi connectivity index (χ2v) is 5.11. The van der Waals surface area contributed by atoms with Crippen molar-refractivity contribution in [2.75, 3.05) is 0 Å². The number of halogens is 1. The summed E-state index contributed by atoms with van der Waals surface area (Å²) in [5.41, 5.74) is 0.995. The number of aromatic nitrogens is 1. The standard InChI is InChI=1S/C14H20ClNO/c1-2-11-6-3-4-8-13(11)17-10-12-7-5-9-16-14(12)15/h5,7,9,11,13H,2-4,6,8,10H2,1H3. The van der Waals surface area contributed by atoms with Gasteiger partial charge < -0.3 is 4.74 Å². The second-order valence-electron chi connectivity index (χ2n) is 4.76. The van der Waals surface area contributed by atoms with Crippen LogP contribution in [-0.4, -0.2) is 11.1 Å². The monoisotopic (exact) mass is 253 g/mol. The van der Waals surface area contributed by atoms with Gasteiger partial charge in [0.1, 0.15) is 5.15 Å². The minimum Gasteiger partial charge on any atom is -0.373 e. The third-order valence-electron chi connectivity index (χ3n) is 3.65. The zero-order valence-corrected chi connectivity index (χ0v) is 11.1. The van der Waals surface area contributed by atoms with Crippen LogP contribution in [0.15, 0.2) is 18.3 Å². The average molecular weight is 254 g/mol. The van der Waals surface area contributed by atoms with E-state index in [9.17, 15) is 0 Å². The second kappa shape index (κ2) is 6.36. The number of nitrogens with zero attached hydrogens (tertiary/aromatic N) is 1. The lowest BCUT2D eigenvalue weighted by Crippen LogP contribution is -2.27. The van der Waals surface area contributed by atoms with Crippen LogP contribution < -0.4 is 0 Å². The third-order valence-corrected chi connectivity index (χ3v) is 3.99. The van der Waals surface area contributed by atoms with Crippen molar-refractivity contribution in [3.05, 3.63) is 29.0 Å². The van der Waals surface area contributed by atoms with Crippen LogP contribution in [0.3, 0.4) is 0 Å². The maximum absolute atomic E-state index is 6.03. The van der Waals surface area contributed by atoms with Gasteiger partial charge in [-0.3, -0.25) is 0 Å². The van der Waals surface area contributed by atoms with Gasteiger partial charge in [0.25, 0.3) is 0 Å². The molecule has 1 fully saturated rings. The first-order valence-corrected chi connectivity index (χ1v) is 6.90. The molecule has 2 unspecified atom stereocenters. The molecule has 2 atom stereocenters. The molecule has 94 valence electrons. The highest BCUT2D eigenvalue weighted by Gasteiger charge is 2.24. The molecule has 1 aromatic heterocycles. The Kier molecular flexibility index (Phi) is 4.81. The van der Waals surface area contributed by atoms with E-state index >= 15 is 0 Å². The molecule has 2 nitrogen and oxygen atoms in total. The van der Waals surface area contributed by atoms with Crippen molar-refractivity contribution in [3.8, 4) is 0 Å². The minimum atomic E-state index is 0.407. The summed E-state index contributed by atoms with van der Waals surface area (Å²) in [6, 6.07) is 3.89. The lowest BCUT2D eigenvalue weighted by Gasteiger charge is -2.30. The van der Waals surface area contributed by atoms with E-state index in [2.05, 4.69) is 11.9 Å². The summed E-state index contributed by atoms with van der Waals surface area (Å²) in [6.07, 6.45) is 8.48. The first-order chi connectivity index (χ1) is 8.31. The molecule has 0 bridgehead atoms. The lowest BCUT2D eigenvalue weighted by atomic mass is 9.85. The molecule has 1 aromatic rings. The number of ether oxygens (including phenoxy) is 1. The molecule has 0 radical (unpaired) electrons. The summed E-state index contributed by atoms with van der Waals surface area (Å²) in [4.78, 5) is 4.07. The molecule has 1 saturated carbocycles. The van der Waals surface area contributed by atoms with Gasteiger partial charge in [-0.15, -0.1) is 0 Å². The molecule has 0 spiro atoms. The Balaban J connectivity index is 1.90. The van der Waals surface area contributed by atoms with E-state index in [0.29, 0.717) is 17.9 Å². The van der Waals surface area contributed by atoms with Gasteiger partial charge in [-0.2, -0.15) is 0 Å². The third kappa shape index (κ3) is 3.43. The van der Waals surface area contributed by atoms with Crippen LogP contribution in [0, 0.1) is 5.92 Å². The topological polar surface area (TPSA) is 22.1 Å². The van der Waals surface area contributed by atoms with Crippen molar-refractivity contribution < 1.29 is 4.74 Å². The Hall–Kier alpha value is -0.600. The van der Waals surface area contributed by atoms with E-state index in [-0.39, 0.29) is 0 Å². The quantitative estimate of drug-likeness (QED) is 0.750. The zero-order chi connectivity index (χ0) is 12.1. The Morgan fingerprint density at radius 2 is 2.24 bits per heavy atom. The summed E-state index contributed by atoms with van der Waals surface area (Å²) < 4.78 is 6.03. The van der Waals surface area contributed by atoms with Crippen molar-refractivity contribution in [2.24, 2.45) is 5.92 Å². The van der Waals surface area contributed by atoms with Gasteiger partial charge in [0, 0.05) is 11.8 Å². The number of pyridine rings is 1. The molecule has 3 heteroatoms. The Morgan fingerprint density at radius 3 is 3.00 bits per heavy atom. The van der Waals surface area contributed by atoms with Crippen LogP contribution in [0.2, 0.25) is 5.15 Å². The van der Waals surface area contributed by atoms with Crippen LogP contribution in [-0.2, 0) is 11.3 Å². The smallest absolute Gasteiger partial charge is 0.134 e. The molecule has 1 heterocycles. The van der Waals surface area contributed by atoms with Gasteiger partial charge in [0.15, 0.2) is 0 Å². The molecule has 1 aliphatic rings. The van der Waals surface area contributed by atoms with E-state index in [1.54, 1.807) is 6.20 Å². The van der Waals surface area contributed by atoms with Crippen molar-refractivity contribution in [2.45, 2.75) is 51.7 Å². The van der Waals surface area contributed by atoms with Gasteiger partial charge in [-0.05, 0) is 24.8 Å². The fourth-order valence-corrected chi connectivity index (χ4v) is 2.76. The summed E-state index contributed by atoms with van der Waals surface area (Å²) in [5.74, 6) is 0.721. The van der Waals surface area contributed by atoms with E-state index in [0.717, 1.165) is 11.5 Å². The van der Waals surface area contributed by atoms with Crippen LogP contribution in [0.4, 0.5) is 0 Å². The first kappa shape index (κ1) is 12.8. The van der Waals surface area contributed by atoms with Crippen LogP contribution in [0.5, 0.6) is 0 Å². The highest BCUT2D eigenvalue weighted by Crippen LogP contribution is 2.30. The van der Waals surface area contributed by atoms with Gasteiger partial charge in [0.2, 0.25) is 0 Å². The van der Waals surface area contributed by atoms with Crippen LogP contribution in [0.25, 0.3) is 0 Å². The molecule has 2 rings (SSSR count). The van der Waals surface area contributed by atoms with E-state index in [1.165, 1.54) is 32.1 Å². The summed E-state index contributed by atoms with van der Waals surface area (Å²) in [5, 5.41) is 0.566. The predicted octanol–water partition coefficient (Wildman–Crippen LogP) is 4.22. The van der Waals surface area contributed by atoms with Gasteiger partial charge >= 0.3 is 0 Å². The predicted molar refractivity (Wildman–Crippen MR) is 70.1 cm³/mol. The molecule has 0 aromatic carbocycles.